The molecule has 1 aromatic rings. The van der Waals surface area contributed by atoms with Crippen molar-refractivity contribution in [3.05, 3.63) is 59.4 Å². The molecule has 1 aliphatic heterocycles. The molecule has 3 N–H and O–H groups in total. The first kappa shape index (κ1) is 23.4. The molecule has 7 heteroatoms. The Bertz CT molecular complexity index is 850. The first-order valence-corrected chi connectivity index (χ1v) is 10.7. The average molecular weight is 436 g/mol. The summed E-state index contributed by atoms with van der Waals surface area (Å²) >= 11 is 0. The normalized spacial score (nSPS) is 30.3. The number of halogens is 2. The molecule has 2 fully saturated rings. The largest absolute Gasteiger partial charge is 0.488 e. The summed E-state index contributed by atoms with van der Waals surface area (Å²) < 4.78 is 35.5. The van der Waals surface area contributed by atoms with Gasteiger partial charge in [-0.15, -0.1) is 0 Å². The predicted octanol–water partition coefficient (Wildman–Crippen LogP) is 4.19. The van der Waals surface area contributed by atoms with E-state index in [1.54, 1.807) is 0 Å². The van der Waals surface area contributed by atoms with Crippen molar-refractivity contribution in [1.29, 1.82) is 0 Å². The van der Waals surface area contributed by atoms with Crippen molar-refractivity contribution in [3.63, 3.8) is 0 Å². The quantitative estimate of drug-likeness (QED) is 0.420. The Kier molecular flexibility index (Phi) is 7.17. The lowest BCUT2D eigenvalue weighted by Crippen LogP contribution is -2.33. The Morgan fingerprint density at radius 3 is 2.81 bits per heavy atom. The van der Waals surface area contributed by atoms with Gasteiger partial charge in [0.25, 0.3) is 0 Å². The fourth-order valence-corrected chi connectivity index (χ4v) is 4.51. The Morgan fingerprint density at radius 1 is 1.39 bits per heavy atom. The van der Waals surface area contributed by atoms with Gasteiger partial charge >= 0.3 is 11.9 Å². The number of rotatable bonds is 8. The minimum atomic E-state index is -3.26. The minimum Gasteiger partial charge on any atom is -0.488 e. The van der Waals surface area contributed by atoms with Crippen LogP contribution in [0.15, 0.2) is 48.3 Å². The number of hydrogen-bond acceptors (Lipinski definition) is 4. The van der Waals surface area contributed by atoms with Gasteiger partial charge in [0.1, 0.15) is 6.10 Å². The zero-order valence-electron chi connectivity index (χ0n) is 17.7. The molecule has 3 rings (SSSR count). The van der Waals surface area contributed by atoms with Crippen LogP contribution >= 0.6 is 0 Å². The molecule has 0 amide bonds. The van der Waals surface area contributed by atoms with Crippen molar-refractivity contribution in [2.24, 2.45) is 11.8 Å². The van der Waals surface area contributed by atoms with Crippen LogP contribution in [-0.2, 0) is 9.53 Å². The van der Waals surface area contributed by atoms with E-state index in [1.807, 2.05) is 38.1 Å². The minimum absolute atomic E-state index is 0.0885. The number of aryl methyl sites for hydroxylation is 1. The SMILES string of the molecule is Cc1cccc(C(C)[C@H](O)/C=C/[C@@H]2[C@@H]3[C@H](C[C@H]2O)O/C(=C\CCCC(=O)O)C3(F)F)c1. The van der Waals surface area contributed by atoms with Crippen LogP contribution in [0.25, 0.3) is 0 Å². The summed E-state index contributed by atoms with van der Waals surface area (Å²) in [5.74, 6) is -6.95. The van der Waals surface area contributed by atoms with Crippen LogP contribution in [0.4, 0.5) is 8.78 Å². The lowest BCUT2D eigenvalue weighted by atomic mass is 9.86. The Labute approximate surface area is 181 Å². The molecule has 1 saturated heterocycles. The van der Waals surface area contributed by atoms with Gasteiger partial charge in [-0.05, 0) is 31.4 Å². The molecule has 1 heterocycles. The smallest absolute Gasteiger partial charge is 0.310 e. The number of fused-ring (bicyclic) bond motifs is 1. The van der Waals surface area contributed by atoms with E-state index in [9.17, 15) is 15.0 Å². The first-order valence-electron chi connectivity index (χ1n) is 10.7. The standard InChI is InChI=1S/C24H30F2O5/c1-14-6-5-7-16(12-14)15(2)18(27)11-10-17-19(28)13-20-23(17)24(25,26)21(31-20)8-3-4-9-22(29)30/h5-8,10-12,15,17-20,23,27-28H,3-4,9,13H2,1-2H3,(H,29,30)/b11-10+,21-8-/t15?,17-,18+,19+,20-,23+/m0/s1. The lowest BCUT2D eigenvalue weighted by molar-refractivity contribution is -0.137. The highest BCUT2D eigenvalue weighted by atomic mass is 19.3. The number of ether oxygens (including phenoxy) is 1. The molecule has 170 valence electrons. The van der Waals surface area contributed by atoms with Gasteiger partial charge in [-0.25, -0.2) is 0 Å². The zero-order chi connectivity index (χ0) is 22.8. The van der Waals surface area contributed by atoms with Crippen LogP contribution < -0.4 is 0 Å². The molecule has 5 nitrogen and oxygen atoms in total. The summed E-state index contributed by atoms with van der Waals surface area (Å²) in [4.78, 5) is 10.6. The van der Waals surface area contributed by atoms with Crippen LogP contribution in [-0.4, -0.2) is 45.5 Å². The number of carbonyl (C=O) groups is 1. The van der Waals surface area contributed by atoms with Crippen molar-refractivity contribution in [2.45, 2.75) is 69.7 Å². The number of carboxylic acids is 1. The maximum atomic E-state index is 15.0. The summed E-state index contributed by atoms with van der Waals surface area (Å²) in [5, 5.41) is 29.6. The van der Waals surface area contributed by atoms with Gasteiger partial charge in [-0.2, -0.15) is 8.78 Å². The molecule has 1 saturated carbocycles. The third kappa shape index (κ3) is 5.15. The molecule has 2 aliphatic rings. The van der Waals surface area contributed by atoms with Crippen LogP contribution in [0, 0.1) is 18.8 Å². The second kappa shape index (κ2) is 9.49. The topological polar surface area (TPSA) is 87.0 Å². The molecule has 0 bridgehead atoms. The van der Waals surface area contributed by atoms with Gasteiger partial charge < -0.3 is 20.1 Å². The highest BCUT2D eigenvalue weighted by molar-refractivity contribution is 5.66. The van der Waals surface area contributed by atoms with Crippen molar-refractivity contribution >= 4 is 5.97 Å². The van der Waals surface area contributed by atoms with E-state index in [0.29, 0.717) is 0 Å². The summed E-state index contributed by atoms with van der Waals surface area (Å²) in [6, 6.07) is 7.75. The van der Waals surface area contributed by atoms with Crippen LogP contribution in [0.5, 0.6) is 0 Å². The molecular weight excluding hydrogens is 406 g/mol. The van der Waals surface area contributed by atoms with E-state index in [1.165, 1.54) is 18.2 Å². The number of unbranched alkanes of at least 4 members (excludes halogenated alkanes) is 1. The molecule has 0 radical (unpaired) electrons. The lowest BCUT2D eigenvalue weighted by Gasteiger charge is -2.23. The van der Waals surface area contributed by atoms with Crippen molar-refractivity contribution in [3.8, 4) is 0 Å². The number of aliphatic hydroxyl groups excluding tert-OH is 2. The van der Waals surface area contributed by atoms with E-state index < -0.39 is 47.8 Å². The van der Waals surface area contributed by atoms with Gasteiger partial charge in [-0.1, -0.05) is 48.9 Å². The van der Waals surface area contributed by atoms with Crippen LogP contribution in [0.2, 0.25) is 0 Å². The number of aliphatic hydroxyl groups is 2. The Balaban J connectivity index is 1.70. The molecule has 31 heavy (non-hydrogen) atoms. The zero-order valence-corrected chi connectivity index (χ0v) is 17.7. The Hall–Kier alpha value is -2.25. The van der Waals surface area contributed by atoms with Gasteiger partial charge in [0, 0.05) is 24.7 Å². The van der Waals surface area contributed by atoms with E-state index in [2.05, 4.69) is 0 Å². The third-order valence-corrected chi connectivity index (χ3v) is 6.29. The summed E-state index contributed by atoms with van der Waals surface area (Å²) in [7, 11) is 0. The molecule has 1 aliphatic carbocycles. The monoisotopic (exact) mass is 436 g/mol. The summed E-state index contributed by atoms with van der Waals surface area (Å²) in [6.07, 6.45) is 2.02. The van der Waals surface area contributed by atoms with Crippen molar-refractivity contribution in [2.75, 3.05) is 0 Å². The second-order valence-corrected chi connectivity index (χ2v) is 8.62. The fourth-order valence-electron chi connectivity index (χ4n) is 4.51. The fraction of sp³-hybridized carbons (Fsp3) is 0.542. The van der Waals surface area contributed by atoms with E-state index in [4.69, 9.17) is 9.84 Å². The molecule has 0 aromatic heterocycles. The molecule has 1 aromatic carbocycles. The second-order valence-electron chi connectivity index (χ2n) is 8.62. The van der Waals surface area contributed by atoms with E-state index in [0.717, 1.165) is 11.1 Å². The van der Waals surface area contributed by atoms with Crippen molar-refractivity contribution in [1.82, 2.24) is 0 Å². The predicted molar refractivity (Wildman–Crippen MR) is 112 cm³/mol. The summed E-state index contributed by atoms with van der Waals surface area (Å²) in [6.45, 7) is 3.82. The van der Waals surface area contributed by atoms with Crippen molar-refractivity contribution < 1.29 is 33.6 Å². The van der Waals surface area contributed by atoms with E-state index >= 15 is 8.78 Å². The number of benzene rings is 1. The third-order valence-electron chi connectivity index (χ3n) is 6.29. The Morgan fingerprint density at radius 2 is 2.13 bits per heavy atom. The number of alkyl halides is 2. The first-order chi connectivity index (χ1) is 14.6. The summed E-state index contributed by atoms with van der Waals surface area (Å²) in [5.41, 5.74) is 2.02. The van der Waals surface area contributed by atoms with Crippen LogP contribution in [0.3, 0.4) is 0 Å². The van der Waals surface area contributed by atoms with Gasteiger partial charge in [0.2, 0.25) is 0 Å². The van der Waals surface area contributed by atoms with Crippen LogP contribution in [0.1, 0.15) is 49.7 Å². The highest BCUT2D eigenvalue weighted by Crippen LogP contribution is 2.54. The van der Waals surface area contributed by atoms with E-state index in [-0.39, 0.29) is 31.6 Å². The van der Waals surface area contributed by atoms with Gasteiger partial charge in [-0.3, -0.25) is 4.79 Å². The maximum Gasteiger partial charge on any atom is 0.310 e. The number of carboxylic acid groups (broad SMARTS) is 1. The number of hydrogen-bond donors (Lipinski definition) is 3. The average Bonchev–Trinajstić information content (AvgIpc) is 3.14. The molecule has 0 spiro atoms. The molecule has 1 unspecified atom stereocenters. The van der Waals surface area contributed by atoms with Gasteiger partial charge in [0.15, 0.2) is 5.76 Å². The number of allylic oxidation sites excluding steroid dienone is 2. The molecule has 6 atom stereocenters. The highest BCUT2D eigenvalue weighted by Gasteiger charge is 2.63. The maximum absolute atomic E-state index is 15.0. The molecular formula is C24H30F2O5. The number of aliphatic carboxylic acids is 1. The van der Waals surface area contributed by atoms with Gasteiger partial charge in [0.05, 0.1) is 18.1 Å².